The fourth-order valence-corrected chi connectivity index (χ4v) is 2.53. The highest BCUT2D eigenvalue weighted by Gasteiger charge is 2.34. The number of carbonyl (C=O) groups excluding carboxylic acids is 2. The smallest absolute Gasteiger partial charge is 0.328 e. The summed E-state index contributed by atoms with van der Waals surface area (Å²) in [6.45, 7) is 2.35. The topological polar surface area (TPSA) is 66.8 Å². The molecule has 0 spiro atoms. The molecule has 1 amide bonds. The molecule has 1 heterocycles. The Bertz CT molecular complexity index is 527. The van der Waals surface area contributed by atoms with Gasteiger partial charge in [0.2, 0.25) is 0 Å². The summed E-state index contributed by atoms with van der Waals surface area (Å²) in [5, 5.41) is 9.91. The molecule has 5 heteroatoms. The average molecular weight is 277 g/mol. The number of aryl methyl sites for hydroxylation is 1. The third-order valence-corrected chi connectivity index (χ3v) is 3.62. The van der Waals surface area contributed by atoms with Crippen LogP contribution < -0.4 is 0 Å². The van der Waals surface area contributed by atoms with Crippen LogP contribution in [0, 0.1) is 6.92 Å². The number of piperidine rings is 1. The van der Waals surface area contributed by atoms with Crippen molar-refractivity contribution >= 4 is 11.9 Å². The predicted octanol–water partition coefficient (Wildman–Crippen LogP) is 1.87. The van der Waals surface area contributed by atoms with Gasteiger partial charge in [-0.05, 0) is 43.9 Å². The number of hydrogen-bond acceptors (Lipinski definition) is 4. The molecule has 1 N–H and O–H groups in total. The lowest BCUT2D eigenvalue weighted by atomic mass is 10.00. The van der Waals surface area contributed by atoms with E-state index in [-0.39, 0.29) is 17.2 Å². The lowest BCUT2D eigenvalue weighted by Gasteiger charge is -2.33. The van der Waals surface area contributed by atoms with Crippen molar-refractivity contribution in [2.45, 2.75) is 32.2 Å². The van der Waals surface area contributed by atoms with Gasteiger partial charge in [-0.3, -0.25) is 4.79 Å². The van der Waals surface area contributed by atoms with E-state index >= 15 is 0 Å². The molecule has 1 aromatic carbocycles. The van der Waals surface area contributed by atoms with Crippen LogP contribution in [0.4, 0.5) is 0 Å². The number of benzene rings is 1. The minimum atomic E-state index is -0.554. The van der Waals surface area contributed by atoms with Gasteiger partial charge in [0.15, 0.2) is 0 Å². The second-order valence-electron chi connectivity index (χ2n) is 5.05. The van der Waals surface area contributed by atoms with Crippen molar-refractivity contribution in [3.63, 3.8) is 0 Å². The largest absolute Gasteiger partial charge is 0.507 e. The van der Waals surface area contributed by atoms with Crippen molar-refractivity contribution in [3.05, 3.63) is 29.3 Å². The SMILES string of the molecule is COC(=O)C1CCCCN1C(=O)c1ccc(C)cc1O. The zero-order valence-corrected chi connectivity index (χ0v) is 11.8. The molecule has 0 aromatic heterocycles. The van der Waals surface area contributed by atoms with E-state index in [0.29, 0.717) is 13.0 Å². The molecule has 0 radical (unpaired) electrons. The third kappa shape index (κ3) is 2.76. The minimum Gasteiger partial charge on any atom is -0.507 e. The highest BCUT2D eigenvalue weighted by Crippen LogP contribution is 2.25. The molecule has 1 atom stereocenters. The molecule has 0 bridgehead atoms. The van der Waals surface area contributed by atoms with Gasteiger partial charge < -0.3 is 14.7 Å². The number of likely N-dealkylation sites (tertiary alicyclic amines) is 1. The highest BCUT2D eigenvalue weighted by molar-refractivity contribution is 5.99. The zero-order valence-electron chi connectivity index (χ0n) is 11.8. The Morgan fingerprint density at radius 1 is 1.35 bits per heavy atom. The van der Waals surface area contributed by atoms with Crippen molar-refractivity contribution < 1.29 is 19.4 Å². The number of methoxy groups -OCH3 is 1. The summed E-state index contributed by atoms with van der Waals surface area (Å²) in [5.41, 5.74) is 1.11. The first-order chi connectivity index (χ1) is 9.54. The number of ether oxygens (including phenoxy) is 1. The van der Waals surface area contributed by atoms with E-state index < -0.39 is 12.0 Å². The van der Waals surface area contributed by atoms with Gasteiger partial charge in [-0.1, -0.05) is 6.07 Å². The predicted molar refractivity (Wildman–Crippen MR) is 73.5 cm³/mol. The standard InChI is InChI=1S/C15H19NO4/c1-10-6-7-11(13(17)9-10)14(18)16-8-4-3-5-12(16)15(19)20-2/h6-7,9,12,17H,3-5,8H2,1-2H3. The lowest BCUT2D eigenvalue weighted by molar-refractivity contribution is -0.147. The van der Waals surface area contributed by atoms with Crippen LogP contribution in [0.3, 0.4) is 0 Å². The third-order valence-electron chi connectivity index (χ3n) is 3.62. The van der Waals surface area contributed by atoms with Crippen LogP contribution in [0.5, 0.6) is 5.75 Å². The van der Waals surface area contributed by atoms with Gasteiger partial charge in [-0.25, -0.2) is 4.79 Å². The van der Waals surface area contributed by atoms with Crippen LogP contribution in [0.25, 0.3) is 0 Å². The molecule has 1 aliphatic rings. The number of phenols is 1. The Hall–Kier alpha value is -2.04. The molecule has 20 heavy (non-hydrogen) atoms. The van der Waals surface area contributed by atoms with Gasteiger partial charge in [0.05, 0.1) is 12.7 Å². The Morgan fingerprint density at radius 3 is 2.75 bits per heavy atom. The second-order valence-corrected chi connectivity index (χ2v) is 5.05. The normalized spacial score (nSPS) is 18.7. The number of rotatable bonds is 2. The molecule has 2 rings (SSSR count). The molecule has 0 aliphatic carbocycles. The van der Waals surface area contributed by atoms with E-state index in [0.717, 1.165) is 18.4 Å². The minimum absolute atomic E-state index is 0.0517. The summed E-state index contributed by atoms with van der Waals surface area (Å²) in [7, 11) is 1.32. The Labute approximate surface area is 118 Å². The Morgan fingerprint density at radius 2 is 2.10 bits per heavy atom. The number of hydrogen-bond donors (Lipinski definition) is 1. The first-order valence-electron chi connectivity index (χ1n) is 6.73. The second kappa shape index (κ2) is 5.94. The summed E-state index contributed by atoms with van der Waals surface area (Å²) in [4.78, 5) is 25.8. The van der Waals surface area contributed by atoms with Crippen LogP contribution in [0.1, 0.15) is 35.2 Å². The van der Waals surface area contributed by atoms with Crippen LogP contribution in [0.2, 0.25) is 0 Å². The summed E-state index contributed by atoms with van der Waals surface area (Å²) < 4.78 is 4.76. The van der Waals surface area contributed by atoms with Crippen molar-refractivity contribution in [1.29, 1.82) is 0 Å². The first kappa shape index (κ1) is 14.4. The zero-order chi connectivity index (χ0) is 14.7. The van der Waals surface area contributed by atoms with Crippen LogP contribution in [0.15, 0.2) is 18.2 Å². The number of aromatic hydroxyl groups is 1. The van der Waals surface area contributed by atoms with Crippen LogP contribution >= 0.6 is 0 Å². The van der Waals surface area contributed by atoms with Gasteiger partial charge in [0.25, 0.3) is 5.91 Å². The van der Waals surface area contributed by atoms with Gasteiger partial charge in [0, 0.05) is 6.54 Å². The first-order valence-corrected chi connectivity index (χ1v) is 6.73. The monoisotopic (exact) mass is 277 g/mol. The summed E-state index contributed by atoms with van der Waals surface area (Å²) >= 11 is 0. The fourth-order valence-electron chi connectivity index (χ4n) is 2.53. The molecule has 1 aromatic rings. The summed E-state index contributed by atoms with van der Waals surface area (Å²) in [6.07, 6.45) is 2.35. The van der Waals surface area contributed by atoms with E-state index in [9.17, 15) is 14.7 Å². The van der Waals surface area contributed by atoms with Crippen molar-refractivity contribution in [3.8, 4) is 5.75 Å². The average Bonchev–Trinajstić information content (AvgIpc) is 2.46. The van der Waals surface area contributed by atoms with Gasteiger partial charge >= 0.3 is 5.97 Å². The van der Waals surface area contributed by atoms with Crippen molar-refractivity contribution in [2.75, 3.05) is 13.7 Å². The molecule has 108 valence electrons. The maximum Gasteiger partial charge on any atom is 0.328 e. The maximum absolute atomic E-state index is 12.5. The van der Waals surface area contributed by atoms with Crippen molar-refractivity contribution in [1.82, 2.24) is 4.90 Å². The highest BCUT2D eigenvalue weighted by atomic mass is 16.5. The molecular formula is C15H19NO4. The molecule has 1 saturated heterocycles. The van der Waals surface area contributed by atoms with E-state index in [1.54, 1.807) is 18.2 Å². The Kier molecular flexibility index (Phi) is 4.27. The maximum atomic E-state index is 12.5. The lowest BCUT2D eigenvalue weighted by Crippen LogP contribution is -2.48. The number of nitrogens with zero attached hydrogens (tertiary/aromatic N) is 1. The number of phenolic OH excluding ortho intramolecular Hbond substituents is 1. The van der Waals surface area contributed by atoms with Crippen LogP contribution in [-0.2, 0) is 9.53 Å². The summed E-state index contributed by atoms with van der Waals surface area (Å²) in [5.74, 6) is -0.772. The number of amides is 1. The summed E-state index contributed by atoms with van der Waals surface area (Å²) in [6, 6.07) is 4.35. The van der Waals surface area contributed by atoms with Crippen LogP contribution in [-0.4, -0.2) is 41.6 Å². The molecule has 1 fully saturated rings. The molecule has 0 saturated carbocycles. The number of esters is 1. The van der Waals surface area contributed by atoms with Gasteiger partial charge in [0.1, 0.15) is 11.8 Å². The molecule has 5 nitrogen and oxygen atoms in total. The van der Waals surface area contributed by atoms with E-state index in [4.69, 9.17) is 4.74 Å². The quantitative estimate of drug-likeness (QED) is 0.838. The van der Waals surface area contributed by atoms with E-state index in [2.05, 4.69) is 0 Å². The van der Waals surface area contributed by atoms with Gasteiger partial charge in [-0.15, -0.1) is 0 Å². The van der Waals surface area contributed by atoms with E-state index in [1.165, 1.54) is 12.0 Å². The fraction of sp³-hybridized carbons (Fsp3) is 0.467. The Balaban J connectivity index is 2.27. The van der Waals surface area contributed by atoms with E-state index in [1.807, 2.05) is 6.92 Å². The molecule has 1 unspecified atom stereocenters. The van der Waals surface area contributed by atoms with Gasteiger partial charge in [-0.2, -0.15) is 0 Å². The van der Waals surface area contributed by atoms with Crippen molar-refractivity contribution in [2.24, 2.45) is 0 Å². The molecular weight excluding hydrogens is 258 g/mol. The number of carbonyl (C=O) groups is 2. The molecule has 1 aliphatic heterocycles.